The van der Waals surface area contributed by atoms with Crippen molar-refractivity contribution in [3.63, 3.8) is 0 Å². The van der Waals surface area contributed by atoms with E-state index in [2.05, 4.69) is 4.74 Å². The highest BCUT2D eigenvalue weighted by molar-refractivity contribution is 5.89. The second kappa shape index (κ2) is 4.53. The zero-order chi connectivity index (χ0) is 15.1. The molecule has 108 valence electrons. The van der Waals surface area contributed by atoms with Crippen LogP contribution in [0.5, 0.6) is 0 Å². The predicted octanol–water partition coefficient (Wildman–Crippen LogP) is 4.01. The summed E-state index contributed by atoms with van der Waals surface area (Å²) in [6.45, 7) is 0. The third-order valence-corrected chi connectivity index (χ3v) is 2.63. The molecule has 0 radical (unpaired) electrons. The van der Waals surface area contributed by atoms with Gasteiger partial charge in [0.25, 0.3) is 0 Å². The summed E-state index contributed by atoms with van der Waals surface area (Å²) in [6.07, 6.45) is -9.34. The van der Waals surface area contributed by atoms with Gasteiger partial charge in [-0.25, -0.2) is 0 Å². The lowest BCUT2D eigenvalue weighted by Crippen LogP contribution is -2.11. The molecule has 1 heterocycles. The molecule has 0 atom stereocenters. The van der Waals surface area contributed by atoms with E-state index in [1.165, 1.54) is 0 Å². The van der Waals surface area contributed by atoms with E-state index < -0.39 is 29.4 Å². The standard InChI is InChI=1S/C12H6F6O2/c13-11(14,15)8-1-6(7-3-10(19)20-5-7)2-9(4-8)12(16,17)18/h1-2,4-5H,3H2. The first-order valence-corrected chi connectivity index (χ1v) is 5.26. The summed E-state index contributed by atoms with van der Waals surface area (Å²) in [5.74, 6) is -0.731. The molecule has 1 aromatic rings. The van der Waals surface area contributed by atoms with Crippen molar-refractivity contribution in [3.8, 4) is 0 Å². The van der Waals surface area contributed by atoms with Gasteiger partial charge in [-0.15, -0.1) is 0 Å². The first-order chi connectivity index (χ1) is 9.07. The monoisotopic (exact) mass is 296 g/mol. The molecule has 0 fully saturated rings. The highest BCUT2D eigenvalue weighted by Gasteiger charge is 2.37. The summed E-state index contributed by atoms with van der Waals surface area (Å²) in [6, 6.07) is 1.15. The van der Waals surface area contributed by atoms with E-state index in [9.17, 15) is 31.1 Å². The van der Waals surface area contributed by atoms with Crippen LogP contribution >= 0.6 is 0 Å². The molecule has 0 aliphatic carbocycles. The van der Waals surface area contributed by atoms with Crippen LogP contribution < -0.4 is 0 Å². The Kier molecular flexibility index (Phi) is 3.27. The van der Waals surface area contributed by atoms with Gasteiger partial charge in [0.1, 0.15) is 0 Å². The van der Waals surface area contributed by atoms with E-state index in [1.807, 2.05) is 0 Å². The molecule has 0 unspecified atom stereocenters. The molecule has 0 N–H and O–H groups in total. The van der Waals surface area contributed by atoms with Gasteiger partial charge in [-0.05, 0) is 23.8 Å². The van der Waals surface area contributed by atoms with E-state index in [0.29, 0.717) is 12.1 Å². The van der Waals surface area contributed by atoms with Crippen molar-refractivity contribution in [1.82, 2.24) is 0 Å². The van der Waals surface area contributed by atoms with Crippen LogP contribution in [0.1, 0.15) is 23.1 Å². The Morgan fingerprint density at radius 3 is 1.75 bits per heavy atom. The number of carbonyl (C=O) groups excluding carboxylic acids is 1. The van der Waals surface area contributed by atoms with Gasteiger partial charge >= 0.3 is 18.3 Å². The van der Waals surface area contributed by atoms with Gasteiger partial charge in [-0.2, -0.15) is 26.3 Å². The maximum absolute atomic E-state index is 12.6. The lowest BCUT2D eigenvalue weighted by molar-refractivity contribution is -0.143. The average molecular weight is 296 g/mol. The van der Waals surface area contributed by atoms with Crippen LogP contribution in [0.3, 0.4) is 0 Å². The Labute approximate surface area is 108 Å². The molecule has 0 spiro atoms. The van der Waals surface area contributed by atoms with Gasteiger partial charge in [-0.3, -0.25) is 4.79 Å². The number of rotatable bonds is 1. The Morgan fingerprint density at radius 2 is 1.40 bits per heavy atom. The largest absolute Gasteiger partial charge is 0.434 e. The first-order valence-electron chi connectivity index (χ1n) is 5.26. The maximum atomic E-state index is 12.6. The molecule has 1 aliphatic heterocycles. The molecular formula is C12H6F6O2. The normalized spacial score (nSPS) is 16.1. The van der Waals surface area contributed by atoms with Crippen LogP contribution in [0.2, 0.25) is 0 Å². The van der Waals surface area contributed by atoms with Crippen LogP contribution in [0, 0.1) is 0 Å². The number of hydrogen-bond donors (Lipinski definition) is 0. The van der Waals surface area contributed by atoms with Crippen LogP contribution in [0.25, 0.3) is 5.57 Å². The number of esters is 1. The van der Waals surface area contributed by atoms with Crippen molar-refractivity contribution >= 4 is 11.5 Å². The lowest BCUT2D eigenvalue weighted by atomic mass is 9.98. The molecule has 2 nitrogen and oxygen atoms in total. The van der Waals surface area contributed by atoms with E-state index in [4.69, 9.17) is 0 Å². The second-order valence-corrected chi connectivity index (χ2v) is 4.10. The summed E-state index contributed by atoms with van der Waals surface area (Å²) in [5.41, 5.74) is -3.21. The number of ether oxygens (including phenoxy) is 1. The van der Waals surface area contributed by atoms with Gasteiger partial charge in [-0.1, -0.05) is 0 Å². The van der Waals surface area contributed by atoms with Crippen LogP contribution in [0.4, 0.5) is 26.3 Å². The minimum atomic E-state index is -4.92. The highest BCUT2D eigenvalue weighted by Crippen LogP contribution is 2.38. The van der Waals surface area contributed by atoms with Crippen molar-refractivity contribution < 1.29 is 35.9 Å². The number of cyclic esters (lactones) is 1. The molecule has 0 saturated carbocycles. The molecular weight excluding hydrogens is 290 g/mol. The predicted molar refractivity (Wildman–Crippen MR) is 55.1 cm³/mol. The SMILES string of the molecule is O=C1CC(c2cc(C(F)(F)F)cc(C(F)(F)F)c2)=CO1. The van der Waals surface area contributed by atoms with E-state index >= 15 is 0 Å². The summed E-state index contributed by atoms with van der Waals surface area (Å²) >= 11 is 0. The van der Waals surface area contributed by atoms with Crippen LogP contribution in [0.15, 0.2) is 24.5 Å². The fourth-order valence-corrected chi connectivity index (χ4v) is 1.69. The number of benzene rings is 1. The maximum Gasteiger partial charge on any atom is 0.416 e. The average Bonchev–Trinajstić information content (AvgIpc) is 2.73. The van der Waals surface area contributed by atoms with Crippen molar-refractivity contribution in [2.75, 3.05) is 0 Å². The first kappa shape index (κ1) is 14.4. The minimum absolute atomic E-state index is 0.0217. The van der Waals surface area contributed by atoms with Crippen molar-refractivity contribution in [2.24, 2.45) is 0 Å². The topological polar surface area (TPSA) is 26.3 Å². The van der Waals surface area contributed by atoms with Crippen molar-refractivity contribution in [3.05, 3.63) is 41.2 Å². The van der Waals surface area contributed by atoms with Gasteiger partial charge in [0, 0.05) is 5.57 Å². The summed E-state index contributed by atoms with van der Waals surface area (Å²) in [5, 5.41) is 0. The van der Waals surface area contributed by atoms with E-state index in [1.54, 1.807) is 0 Å². The fourth-order valence-electron chi connectivity index (χ4n) is 1.69. The molecule has 1 aliphatic rings. The fraction of sp³-hybridized carbons (Fsp3) is 0.250. The number of alkyl halides is 6. The number of carbonyl (C=O) groups is 1. The molecule has 8 heteroatoms. The minimum Gasteiger partial charge on any atom is -0.434 e. The third-order valence-electron chi connectivity index (χ3n) is 2.63. The highest BCUT2D eigenvalue weighted by atomic mass is 19.4. The van der Waals surface area contributed by atoms with E-state index in [-0.39, 0.29) is 23.6 Å². The van der Waals surface area contributed by atoms with Crippen molar-refractivity contribution in [2.45, 2.75) is 18.8 Å². The Bertz CT molecular complexity index is 550. The molecule has 0 saturated heterocycles. The second-order valence-electron chi connectivity index (χ2n) is 4.10. The molecule has 0 aromatic heterocycles. The van der Waals surface area contributed by atoms with Gasteiger partial charge in [0.05, 0.1) is 23.8 Å². The number of hydrogen-bond acceptors (Lipinski definition) is 2. The third kappa shape index (κ3) is 2.94. The molecule has 1 aromatic carbocycles. The van der Waals surface area contributed by atoms with Crippen molar-refractivity contribution in [1.29, 1.82) is 0 Å². The molecule has 0 bridgehead atoms. The molecule has 20 heavy (non-hydrogen) atoms. The summed E-state index contributed by atoms with van der Waals surface area (Å²) in [7, 11) is 0. The Morgan fingerprint density at radius 1 is 0.900 bits per heavy atom. The van der Waals surface area contributed by atoms with Crippen LogP contribution in [-0.4, -0.2) is 5.97 Å². The quantitative estimate of drug-likeness (QED) is 0.578. The van der Waals surface area contributed by atoms with Gasteiger partial charge in [0.2, 0.25) is 0 Å². The number of halogens is 6. The zero-order valence-corrected chi connectivity index (χ0v) is 9.60. The van der Waals surface area contributed by atoms with Gasteiger partial charge < -0.3 is 4.74 Å². The molecule has 0 amide bonds. The van der Waals surface area contributed by atoms with E-state index in [0.717, 1.165) is 6.26 Å². The lowest BCUT2D eigenvalue weighted by Gasteiger charge is -2.14. The van der Waals surface area contributed by atoms with Gasteiger partial charge in [0.15, 0.2) is 0 Å². The Hall–Kier alpha value is -1.99. The smallest absolute Gasteiger partial charge is 0.416 e. The summed E-state index contributed by atoms with van der Waals surface area (Å²) < 4.78 is 80.1. The summed E-state index contributed by atoms with van der Waals surface area (Å²) in [4.78, 5) is 10.9. The van der Waals surface area contributed by atoms with Crippen LogP contribution in [-0.2, 0) is 21.9 Å². The Balaban J connectivity index is 2.55. The molecule has 2 rings (SSSR count). The zero-order valence-electron chi connectivity index (χ0n) is 9.60.